The molecule has 1 aliphatic carbocycles. The van der Waals surface area contributed by atoms with Crippen molar-refractivity contribution in [1.29, 1.82) is 0 Å². The first-order valence-corrected chi connectivity index (χ1v) is 7.69. The van der Waals surface area contributed by atoms with E-state index in [4.69, 9.17) is 0 Å². The van der Waals surface area contributed by atoms with E-state index in [1.165, 1.54) is 38.5 Å². The van der Waals surface area contributed by atoms with Crippen molar-refractivity contribution in [2.75, 3.05) is 6.54 Å². The Morgan fingerprint density at radius 3 is 2.06 bits per heavy atom. The van der Waals surface area contributed by atoms with E-state index in [0.717, 1.165) is 24.4 Å². The highest BCUT2D eigenvalue weighted by Gasteiger charge is 2.29. The maximum Gasteiger partial charge on any atom is 0.0100 e. The largest absolute Gasteiger partial charge is 0.314 e. The van der Waals surface area contributed by atoms with Crippen LogP contribution in [-0.2, 0) is 0 Å². The first kappa shape index (κ1) is 15.0. The summed E-state index contributed by atoms with van der Waals surface area (Å²) in [4.78, 5) is 0. The van der Waals surface area contributed by atoms with Gasteiger partial charge >= 0.3 is 0 Å². The number of rotatable bonds is 5. The minimum absolute atomic E-state index is 0.453. The van der Waals surface area contributed by atoms with Gasteiger partial charge in [0.2, 0.25) is 0 Å². The van der Waals surface area contributed by atoms with Gasteiger partial charge in [0.05, 0.1) is 0 Å². The highest BCUT2D eigenvalue weighted by Crippen LogP contribution is 2.35. The van der Waals surface area contributed by atoms with E-state index in [1.807, 2.05) is 0 Å². The van der Waals surface area contributed by atoms with Gasteiger partial charge in [-0.25, -0.2) is 0 Å². The molecule has 1 saturated carbocycles. The molecule has 1 rings (SSSR count). The maximum absolute atomic E-state index is 3.74. The molecule has 1 N–H and O–H groups in total. The molecule has 17 heavy (non-hydrogen) atoms. The number of hydrogen-bond acceptors (Lipinski definition) is 1. The Morgan fingerprint density at radius 1 is 1.06 bits per heavy atom. The van der Waals surface area contributed by atoms with Crippen LogP contribution in [0.2, 0.25) is 0 Å². The molecule has 0 aromatic carbocycles. The Labute approximate surface area is 109 Å². The molecule has 0 bridgehead atoms. The molecule has 0 amide bonds. The van der Waals surface area contributed by atoms with Crippen LogP contribution < -0.4 is 5.32 Å². The zero-order valence-electron chi connectivity index (χ0n) is 12.7. The second kappa shape index (κ2) is 6.78. The van der Waals surface area contributed by atoms with Gasteiger partial charge in [0, 0.05) is 6.04 Å². The van der Waals surface area contributed by atoms with Crippen molar-refractivity contribution in [2.45, 2.75) is 79.2 Å². The molecule has 1 aliphatic rings. The predicted octanol–water partition coefficient (Wildman–Crippen LogP) is 4.62. The summed E-state index contributed by atoms with van der Waals surface area (Å²) in [5, 5.41) is 3.74. The molecule has 0 aromatic rings. The average molecular weight is 239 g/mol. The molecule has 1 atom stereocenters. The molecular formula is C16H33N. The van der Waals surface area contributed by atoms with E-state index in [9.17, 15) is 0 Å². The van der Waals surface area contributed by atoms with Gasteiger partial charge in [-0.05, 0) is 43.1 Å². The summed E-state index contributed by atoms with van der Waals surface area (Å²) in [5.74, 6) is 1.94. The zero-order chi connectivity index (χ0) is 12.9. The van der Waals surface area contributed by atoms with Crippen LogP contribution in [0.1, 0.15) is 73.1 Å². The van der Waals surface area contributed by atoms with Crippen LogP contribution in [0, 0.1) is 17.3 Å². The molecule has 0 radical (unpaired) electrons. The van der Waals surface area contributed by atoms with Crippen LogP contribution in [0.4, 0.5) is 0 Å². The number of hydrogen-bond donors (Lipinski definition) is 1. The summed E-state index contributed by atoms with van der Waals surface area (Å²) in [7, 11) is 0. The summed E-state index contributed by atoms with van der Waals surface area (Å²) in [6, 6.07) is 0.748. The van der Waals surface area contributed by atoms with Gasteiger partial charge in [-0.1, -0.05) is 53.9 Å². The van der Waals surface area contributed by atoms with Gasteiger partial charge < -0.3 is 5.32 Å². The van der Waals surface area contributed by atoms with Gasteiger partial charge in [-0.2, -0.15) is 0 Å². The minimum atomic E-state index is 0.453. The molecule has 1 fully saturated rings. The molecular weight excluding hydrogens is 206 g/mol. The highest BCUT2D eigenvalue weighted by molar-refractivity contribution is 4.84. The molecule has 1 unspecified atom stereocenters. The SMILES string of the molecule is CCNC(CC(C)(C)C)C1CCC(CC)CC1. The summed E-state index contributed by atoms with van der Waals surface area (Å²) in [5.41, 5.74) is 0.453. The molecule has 102 valence electrons. The van der Waals surface area contributed by atoms with Gasteiger partial charge in [0.15, 0.2) is 0 Å². The monoisotopic (exact) mass is 239 g/mol. The molecule has 0 spiro atoms. The van der Waals surface area contributed by atoms with Crippen LogP contribution in [0.5, 0.6) is 0 Å². The molecule has 0 heterocycles. The fraction of sp³-hybridized carbons (Fsp3) is 1.00. The third-order valence-electron chi connectivity index (χ3n) is 4.34. The van der Waals surface area contributed by atoms with Gasteiger partial charge in [-0.3, -0.25) is 0 Å². The first-order valence-electron chi connectivity index (χ1n) is 7.69. The maximum atomic E-state index is 3.74. The summed E-state index contributed by atoms with van der Waals surface area (Å²) in [6.45, 7) is 12.8. The standard InChI is InChI=1S/C16H33N/c1-6-13-8-10-14(11-9-13)15(17-7-2)12-16(3,4)5/h13-15,17H,6-12H2,1-5H3. The smallest absolute Gasteiger partial charge is 0.0100 e. The quantitative estimate of drug-likeness (QED) is 0.738. The van der Waals surface area contributed by atoms with Crippen LogP contribution in [0.25, 0.3) is 0 Å². The van der Waals surface area contributed by atoms with E-state index in [-0.39, 0.29) is 0 Å². The Kier molecular flexibility index (Phi) is 5.99. The second-order valence-corrected chi connectivity index (χ2v) is 7.12. The van der Waals surface area contributed by atoms with Crippen molar-refractivity contribution in [2.24, 2.45) is 17.3 Å². The van der Waals surface area contributed by atoms with E-state index in [1.54, 1.807) is 0 Å². The minimum Gasteiger partial charge on any atom is -0.314 e. The first-order chi connectivity index (χ1) is 7.96. The topological polar surface area (TPSA) is 12.0 Å². The lowest BCUT2D eigenvalue weighted by Gasteiger charge is -2.37. The Hall–Kier alpha value is -0.0400. The number of nitrogens with one attached hydrogen (secondary N) is 1. The fourth-order valence-electron chi connectivity index (χ4n) is 3.33. The van der Waals surface area contributed by atoms with Gasteiger partial charge in [0.25, 0.3) is 0 Å². The Bertz CT molecular complexity index is 196. The summed E-state index contributed by atoms with van der Waals surface area (Å²) >= 11 is 0. The molecule has 0 saturated heterocycles. The predicted molar refractivity (Wildman–Crippen MR) is 77.3 cm³/mol. The summed E-state index contributed by atoms with van der Waals surface area (Å²) in [6.07, 6.45) is 8.54. The van der Waals surface area contributed by atoms with Crippen molar-refractivity contribution >= 4 is 0 Å². The van der Waals surface area contributed by atoms with Crippen molar-refractivity contribution < 1.29 is 0 Å². The summed E-state index contributed by atoms with van der Waals surface area (Å²) < 4.78 is 0. The van der Waals surface area contributed by atoms with E-state index in [0.29, 0.717) is 5.41 Å². The van der Waals surface area contributed by atoms with Gasteiger partial charge in [0.1, 0.15) is 0 Å². The van der Waals surface area contributed by atoms with E-state index >= 15 is 0 Å². The normalized spacial score (nSPS) is 28.1. The second-order valence-electron chi connectivity index (χ2n) is 7.12. The lowest BCUT2D eigenvalue weighted by atomic mass is 9.74. The van der Waals surface area contributed by atoms with E-state index in [2.05, 4.69) is 39.9 Å². The molecule has 0 aromatic heterocycles. The third-order valence-corrected chi connectivity index (χ3v) is 4.34. The van der Waals surface area contributed by atoms with Crippen LogP contribution >= 0.6 is 0 Å². The molecule has 1 heteroatoms. The molecule has 1 nitrogen and oxygen atoms in total. The third kappa shape index (κ3) is 5.42. The van der Waals surface area contributed by atoms with Crippen LogP contribution in [-0.4, -0.2) is 12.6 Å². The van der Waals surface area contributed by atoms with Gasteiger partial charge in [-0.15, -0.1) is 0 Å². The molecule has 0 aliphatic heterocycles. The van der Waals surface area contributed by atoms with Crippen molar-refractivity contribution in [3.8, 4) is 0 Å². The Balaban J connectivity index is 2.48. The lowest BCUT2D eigenvalue weighted by molar-refractivity contribution is 0.180. The van der Waals surface area contributed by atoms with Crippen molar-refractivity contribution in [3.05, 3.63) is 0 Å². The Morgan fingerprint density at radius 2 is 1.65 bits per heavy atom. The van der Waals surface area contributed by atoms with Crippen molar-refractivity contribution in [3.63, 3.8) is 0 Å². The highest BCUT2D eigenvalue weighted by atomic mass is 14.9. The average Bonchev–Trinajstić information content (AvgIpc) is 2.27. The van der Waals surface area contributed by atoms with Crippen LogP contribution in [0.3, 0.4) is 0 Å². The van der Waals surface area contributed by atoms with Crippen LogP contribution in [0.15, 0.2) is 0 Å². The van der Waals surface area contributed by atoms with Crippen molar-refractivity contribution in [1.82, 2.24) is 5.32 Å². The lowest BCUT2D eigenvalue weighted by Crippen LogP contribution is -2.40. The fourth-order valence-corrected chi connectivity index (χ4v) is 3.33. The zero-order valence-corrected chi connectivity index (χ0v) is 12.7. The van der Waals surface area contributed by atoms with E-state index < -0.39 is 0 Å².